The molecule has 0 aromatic heterocycles. The molecule has 0 bridgehead atoms. The summed E-state index contributed by atoms with van der Waals surface area (Å²) >= 11 is 1.76. The van der Waals surface area contributed by atoms with E-state index in [-0.39, 0.29) is 30.9 Å². The second-order valence-electron chi connectivity index (χ2n) is 4.68. The molecule has 0 radical (unpaired) electrons. The minimum Gasteiger partial charge on any atom is -0.147 e. The Bertz CT molecular complexity index is 495. The topological polar surface area (TPSA) is 9.23 Å². The molecule has 4 heteroatoms. The second-order valence-corrected chi connectivity index (χ2v) is 5.04. The Labute approximate surface area is 140 Å². The van der Waals surface area contributed by atoms with Gasteiger partial charge in [0.15, 0.2) is 0 Å². The van der Waals surface area contributed by atoms with E-state index in [1.54, 1.807) is 20.8 Å². The molecule has 2 rings (SSSR count). The third kappa shape index (κ3) is 4.21. The predicted molar refractivity (Wildman–Crippen MR) is 81.4 cm³/mol. The van der Waals surface area contributed by atoms with Gasteiger partial charge in [0.2, 0.25) is 0 Å². The summed E-state index contributed by atoms with van der Waals surface area (Å²) in [4.78, 5) is 0. The summed E-state index contributed by atoms with van der Waals surface area (Å²) in [6, 6.07) is 8.56. The number of halogens is 2. The molecule has 1 aliphatic carbocycles. The number of benzene rings is 1. The van der Waals surface area contributed by atoms with Crippen LogP contribution in [0.2, 0.25) is 0 Å². The quantitative estimate of drug-likeness (QED) is 0.691. The molecule has 1 aromatic rings. The molecule has 0 saturated carbocycles. The number of hydrogen-bond acceptors (Lipinski definition) is 1. The zero-order valence-electron chi connectivity index (χ0n) is 11.4. The molecule has 1 aromatic carbocycles. The molecule has 1 aliphatic rings. The Kier molecular flexibility index (Phi) is 8.27. The van der Waals surface area contributed by atoms with Crippen LogP contribution in [0.1, 0.15) is 44.4 Å². The molecule has 1 unspecified atom stereocenters. The van der Waals surface area contributed by atoms with Gasteiger partial charge >= 0.3 is 116 Å². The maximum absolute atomic E-state index is 5.46. The van der Waals surface area contributed by atoms with E-state index in [0.29, 0.717) is 0 Å². The molecule has 0 heterocycles. The van der Waals surface area contributed by atoms with Crippen molar-refractivity contribution in [1.82, 2.24) is 0 Å². The summed E-state index contributed by atoms with van der Waals surface area (Å²) in [5.41, 5.74) is 6.90. The van der Waals surface area contributed by atoms with Crippen LogP contribution in [0, 0.1) is 0 Å². The summed E-state index contributed by atoms with van der Waals surface area (Å²) in [5, 5.41) is 0. The second kappa shape index (κ2) is 8.29. The Hall–Kier alpha value is -0.0457. The minimum atomic E-state index is 0. The largest absolute Gasteiger partial charge is 0.147 e. The SMILES string of the molecule is CC1=CC(C)=C(c2ccccc2C(C)[O][Ti])C1.Cl.Cl. The van der Waals surface area contributed by atoms with Crippen LogP contribution >= 0.6 is 24.8 Å². The molecule has 0 spiro atoms. The number of hydrogen-bond donors (Lipinski definition) is 0. The van der Waals surface area contributed by atoms with Gasteiger partial charge in [-0.1, -0.05) is 0 Å². The molecule has 1 atom stereocenters. The molecule has 1 nitrogen and oxygen atoms in total. The van der Waals surface area contributed by atoms with E-state index in [9.17, 15) is 0 Å². The fraction of sp³-hybridized carbons (Fsp3) is 0.333. The monoisotopic (exact) mass is 333 g/mol. The van der Waals surface area contributed by atoms with Crippen LogP contribution in [0.5, 0.6) is 0 Å². The maximum atomic E-state index is 5.46. The van der Waals surface area contributed by atoms with Gasteiger partial charge in [-0.25, -0.2) is 0 Å². The summed E-state index contributed by atoms with van der Waals surface area (Å²) in [5.74, 6) is 0. The van der Waals surface area contributed by atoms with Crippen molar-refractivity contribution in [2.75, 3.05) is 0 Å². The van der Waals surface area contributed by atoms with Gasteiger partial charge in [0.25, 0.3) is 0 Å². The van der Waals surface area contributed by atoms with Gasteiger partial charge in [-0.15, -0.1) is 24.8 Å². The first kappa shape index (κ1) is 19.0. The van der Waals surface area contributed by atoms with Gasteiger partial charge in [0.1, 0.15) is 0 Å². The van der Waals surface area contributed by atoms with E-state index in [4.69, 9.17) is 3.32 Å². The average molecular weight is 334 g/mol. The Morgan fingerprint density at radius 3 is 2.32 bits per heavy atom. The molecule has 0 N–H and O–H groups in total. The zero-order chi connectivity index (χ0) is 12.4. The standard InChI is InChI=1S/C15H17O.2ClH.Ti/c1-10-8-11(2)15(9-10)14-7-5-4-6-13(14)12(3)16;;;/h4-8,12H,9H2,1-3H3;2*1H;/q-1;;;+1. The minimum absolute atomic E-state index is 0. The summed E-state index contributed by atoms with van der Waals surface area (Å²) in [7, 11) is 0. The van der Waals surface area contributed by atoms with Crippen LogP contribution in [0.25, 0.3) is 5.57 Å². The van der Waals surface area contributed by atoms with Gasteiger partial charge in [0.05, 0.1) is 0 Å². The molecule has 0 saturated heterocycles. The van der Waals surface area contributed by atoms with E-state index in [2.05, 4.69) is 51.1 Å². The van der Waals surface area contributed by atoms with Gasteiger partial charge in [-0.3, -0.25) is 0 Å². The fourth-order valence-electron chi connectivity index (χ4n) is 2.42. The van der Waals surface area contributed by atoms with E-state index in [1.807, 2.05) is 0 Å². The van der Waals surface area contributed by atoms with Gasteiger partial charge in [-0.2, -0.15) is 0 Å². The van der Waals surface area contributed by atoms with Crippen molar-refractivity contribution in [3.05, 3.63) is 52.6 Å². The normalized spacial score (nSPS) is 15.4. The third-order valence-electron chi connectivity index (χ3n) is 3.30. The molecule has 0 aliphatic heterocycles. The summed E-state index contributed by atoms with van der Waals surface area (Å²) < 4.78 is 5.46. The van der Waals surface area contributed by atoms with Crippen molar-refractivity contribution < 1.29 is 24.1 Å². The molecule has 103 valence electrons. The molecule has 0 fully saturated rings. The van der Waals surface area contributed by atoms with Crippen LogP contribution in [0.3, 0.4) is 0 Å². The van der Waals surface area contributed by atoms with Gasteiger partial charge < -0.3 is 0 Å². The Balaban J connectivity index is 0.00000162. The molecule has 0 amide bonds. The van der Waals surface area contributed by atoms with E-state index in [0.717, 1.165) is 6.42 Å². The van der Waals surface area contributed by atoms with Gasteiger partial charge in [0, 0.05) is 0 Å². The zero-order valence-corrected chi connectivity index (χ0v) is 14.6. The first-order chi connectivity index (χ1) is 8.13. The molecular weight excluding hydrogens is 315 g/mol. The molecule has 19 heavy (non-hydrogen) atoms. The van der Waals surface area contributed by atoms with Crippen molar-refractivity contribution in [2.45, 2.75) is 33.3 Å². The van der Waals surface area contributed by atoms with Crippen LogP contribution < -0.4 is 0 Å². The van der Waals surface area contributed by atoms with Crippen LogP contribution in [0.4, 0.5) is 0 Å². The first-order valence-electron chi connectivity index (χ1n) is 5.92. The fourth-order valence-corrected chi connectivity index (χ4v) is 2.62. The Morgan fingerprint density at radius 2 is 1.79 bits per heavy atom. The third-order valence-corrected chi connectivity index (χ3v) is 3.85. The van der Waals surface area contributed by atoms with Crippen molar-refractivity contribution in [3.63, 3.8) is 0 Å². The number of rotatable bonds is 3. The van der Waals surface area contributed by atoms with Crippen LogP contribution in [-0.4, -0.2) is 0 Å². The van der Waals surface area contributed by atoms with E-state index in [1.165, 1.54) is 27.8 Å². The molecular formula is C15H19Cl2OTi. The van der Waals surface area contributed by atoms with Crippen molar-refractivity contribution in [3.8, 4) is 0 Å². The van der Waals surface area contributed by atoms with E-state index < -0.39 is 0 Å². The van der Waals surface area contributed by atoms with Gasteiger partial charge in [-0.05, 0) is 0 Å². The van der Waals surface area contributed by atoms with Crippen molar-refractivity contribution in [2.24, 2.45) is 0 Å². The van der Waals surface area contributed by atoms with Crippen LogP contribution in [-0.2, 0) is 24.1 Å². The smallest absolute Gasteiger partial charge is 0.147 e. The average Bonchev–Trinajstić information content (AvgIpc) is 2.67. The predicted octanol–water partition coefficient (Wildman–Crippen LogP) is 5.19. The maximum Gasteiger partial charge on any atom is -0.147 e. The summed E-state index contributed by atoms with van der Waals surface area (Å²) in [6.45, 7) is 6.49. The first-order valence-corrected chi connectivity index (χ1v) is 6.56. The summed E-state index contributed by atoms with van der Waals surface area (Å²) in [6.07, 6.45) is 3.50. The Morgan fingerprint density at radius 1 is 1.16 bits per heavy atom. The number of allylic oxidation sites excluding steroid dienone is 4. The van der Waals surface area contributed by atoms with Crippen LogP contribution in [0.15, 0.2) is 41.5 Å². The van der Waals surface area contributed by atoms with Crippen molar-refractivity contribution in [1.29, 1.82) is 0 Å². The van der Waals surface area contributed by atoms with Crippen molar-refractivity contribution >= 4 is 30.4 Å². The van der Waals surface area contributed by atoms with E-state index >= 15 is 0 Å².